The first-order valence-electron chi connectivity index (χ1n) is 6.93. The molecular formula is C14H23NO. The lowest BCUT2D eigenvalue weighted by molar-refractivity contribution is -0.138. The Kier molecular flexibility index (Phi) is 2.49. The Bertz CT molecular complexity index is 297. The van der Waals surface area contributed by atoms with Crippen molar-refractivity contribution in [3.05, 3.63) is 0 Å². The van der Waals surface area contributed by atoms with Crippen LogP contribution in [-0.2, 0) is 4.79 Å². The molecule has 0 aromatic carbocycles. The Morgan fingerprint density at radius 3 is 2.44 bits per heavy atom. The highest BCUT2D eigenvalue weighted by Crippen LogP contribution is 2.49. The minimum absolute atomic E-state index is 0.380. The predicted molar refractivity (Wildman–Crippen MR) is 63.9 cm³/mol. The standard InChI is InChI=1S/C14H23NO/c1-9(11-5-6-11)15(2)14(16)13-8-10-3-4-12(13)7-10/h9-13H,3-8H2,1-2H3/t9-,10-,12-,13-/m0/s1. The number of hydrogen-bond donors (Lipinski definition) is 0. The third kappa shape index (κ3) is 1.66. The van der Waals surface area contributed by atoms with Crippen molar-refractivity contribution >= 4 is 5.91 Å². The number of carbonyl (C=O) groups is 1. The molecule has 0 unspecified atom stereocenters. The number of hydrogen-bond acceptors (Lipinski definition) is 1. The van der Waals surface area contributed by atoms with Gasteiger partial charge in [-0.3, -0.25) is 4.79 Å². The second-order valence-corrected chi connectivity index (χ2v) is 6.31. The summed E-state index contributed by atoms with van der Waals surface area (Å²) in [6.07, 6.45) is 7.88. The second-order valence-electron chi connectivity index (χ2n) is 6.31. The first-order chi connectivity index (χ1) is 7.66. The molecule has 3 saturated carbocycles. The molecule has 3 aliphatic carbocycles. The zero-order valence-electron chi connectivity index (χ0n) is 10.5. The predicted octanol–water partition coefficient (Wildman–Crippen LogP) is 2.68. The largest absolute Gasteiger partial charge is 0.343 e. The summed E-state index contributed by atoms with van der Waals surface area (Å²) < 4.78 is 0. The third-order valence-corrected chi connectivity index (χ3v) is 5.32. The van der Waals surface area contributed by atoms with Gasteiger partial charge in [0.2, 0.25) is 5.91 Å². The molecule has 0 N–H and O–H groups in total. The summed E-state index contributed by atoms with van der Waals surface area (Å²) in [5.74, 6) is 3.24. The van der Waals surface area contributed by atoms with E-state index in [4.69, 9.17) is 0 Å². The van der Waals surface area contributed by atoms with Gasteiger partial charge < -0.3 is 4.90 Å². The zero-order chi connectivity index (χ0) is 11.3. The van der Waals surface area contributed by atoms with E-state index in [0.717, 1.165) is 17.8 Å². The van der Waals surface area contributed by atoms with Crippen LogP contribution in [-0.4, -0.2) is 23.9 Å². The summed E-state index contributed by atoms with van der Waals surface area (Å²) >= 11 is 0. The van der Waals surface area contributed by atoms with Gasteiger partial charge in [0.1, 0.15) is 0 Å². The zero-order valence-corrected chi connectivity index (χ0v) is 10.5. The number of rotatable bonds is 3. The Balaban J connectivity index is 1.63. The van der Waals surface area contributed by atoms with Crippen molar-refractivity contribution in [1.29, 1.82) is 0 Å². The molecule has 2 nitrogen and oxygen atoms in total. The summed E-state index contributed by atoms with van der Waals surface area (Å²) in [6.45, 7) is 2.22. The summed E-state index contributed by atoms with van der Waals surface area (Å²) in [7, 11) is 2.03. The van der Waals surface area contributed by atoms with Crippen LogP contribution in [0, 0.1) is 23.7 Å². The maximum atomic E-state index is 12.4. The molecule has 3 fully saturated rings. The molecule has 0 aliphatic heterocycles. The van der Waals surface area contributed by atoms with Gasteiger partial charge in [-0.05, 0) is 56.8 Å². The maximum Gasteiger partial charge on any atom is 0.225 e. The minimum atomic E-state index is 0.380. The maximum absolute atomic E-state index is 12.4. The van der Waals surface area contributed by atoms with Crippen LogP contribution in [0.3, 0.4) is 0 Å². The lowest BCUT2D eigenvalue weighted by Gasteiger charge is -2.31. The van der Waals surface area contributed by atoms with Crippen molar-refractivity contribution in [2.75, 3.05) is 7.05 Å². The van der Waals surface area contributed by atoms with Gasteiger partial charge in [0.05, 0.1) is 0 Å². The lowest BCUT2D eigenvalue weighted by atomic mass is 9.87. The molecule has 0 saturated heterocycles. The van der Waals surface area contributed by atoms with Gasteiger partial charge in [0, 0.05) is 19.0 Å². The normalized spacial score (nSPS) is 38.8. The topological polar surface area (TPSA) is 20.3 Å². The van der Waals surface area contributed by atoms with E-state index in [9.17, 15) is 4.79 Å². The van der Waals surface area contributed by atoms with E-state index in [0.29, 0.717) is 17.9 Å². The van der Waals surface area contributed by atoms with Crippen molar-refractivity contribution in [2.45, 2.75) is 51.5 Å². The smallest absolute Gasteiger partial charge is 0.225 e. The Morgan fingerprint density at radius 1 is 1.19 bits per heavy atom. The van der Waals surface area contributed by atoms with Crippen LogP contribution in [0.4, 0.5) is 0 Å². The van der Waals surface area contributed by atoms with Gasteiger partial charge >= 0.3 is 0 Å². The fourth-order valence-electron chi connectivity index (χ4n) is 3.90. The number of nitrogens with zero attached hydrogens (tertiary/aromatic N) is 1. The van der Waals surface area contributed by atoms with E-state index in [1.54, 1.807) is 0 Å². The van der Waals surface area contributed by atoms with Crippen molar-refractivity contribution in [2.24, 2.45) is 23.7 Å². The molecule has 90 valence electrons. The number of amides is 1. The molecule has 0 aromatic heterocycles. The fraction of sp³-hybridized carbons (Fsp3) is 0.929. The van der Waals surface area contributed by atoms with Crippen LogP contribution in [0.5, 0.6) is 0 Å². The Labute approximate surface area is 98.4 Å². The van der Waals surface area contributed by atoms with Crippen molar-refractivity contribution in [1.82, 2.24) is 4.90 Å². The minimum Gasteiger partial charge on any atom is -0.343 e. The van der Waals surface area contributed by atoms with E-state index < -0.39 is 0 Å². The van der Waals surface area contributed by atoms with E-state index in [1.807, 2.05) is 7.05 Å². The number of fused-ring (bicyclic) bond motifs is 2. The molecule has 3 rings (SSSR count). The van der Waals surface area contributed by atoms with Gasteiger partial charge in [-0.1, -0.05) is 6.42 Å². The third-order valence-electron chi connectivity index (χ3n) is 5.32. The number of carbonyl (C=O) groups excluding carboxylic acids is 1. The highest BCUT2D eigenvalue weighted by atomic mass is 16.2. The van der Waals surface area contributed by atoms with E-state index in [1.165, 1.54) is 38.5 Å². The molecule has 0 aromatic rings. The summed E-state index contributed by atoms with van der Waals surface area (Å²) in [6, 6.07) is 0.478. The SMILES string of the molecule is C[C@@H](C1CC1)N(C)C(=O)[C@H]1C[C@H]2CC[C@H]1C2. The van der Waals surface area contributed by atoms with E-state index >= 15 is 0 Å². The van der Waals surface area contributed by atoms with Crippen LogP contribution >= 0.6 is 0 Å². The monoisotopic (exact) mass is 221 g/mol. The van der Waals surface area contributed by atoms with Crippen LogP contribution in [0.25, 0.3) is 0 Å². The molecule has 0 spiro atoms. The fourth-order valence-corrected chi connectivity index (χ4v) is 3.90. The highest BCUT2D eigenvalue weighted by molar-refractivity contribution is 5.79. The summed E-state index contributed by atoms with van der Waals surface area (Å²) in [5.41, 5.74) is 0. The molecule has 2 bridgehead atoms. The van der Waals surface area contributed by atoms with E-state index in [-0.39, 0.29) is 0 Å². The van der Waals surface area contributed by atoms with Crippen LogP contribution in [0.2, 0.25) is 0 Å². The second kappa shape index (κ2) is 3.75. The van der Waals surface area contributed by atoms with Crippen LogP contribution < -0.4 is 0 Å². The van der Waals surface area contributed by atoms with E-state index in [2.05, 4.69) is 11.8 Å². The van der Waals surface area contributed by atoms with Crippen LogP contribution in [0.15, 0.2) is 0 Å². The summed E-state index contributed by atoms with van der Waals surface area (Å²) in [4.78, 5) is 14.5. The van der Waals surface area contributed by atoms with Gasteiger partial charge in [-0.15, -0.1) is 0 Å². The first-order valence-corrected chi connectivity index (χ1v) is 6.93. The van der Waals surface area contributed by atoms with Gasteiger partial charge in [0.15, 0.2) is 0 Å². The molecule has 3 aliphatic rings. The average Bonchev–Trinajstić information content (AvgIpc) is 2.94. The first kappa shape index (κ1) is 10.6. The van der Waals surface area contributed by atoms with Crippen molar-refractivity contribution < 1.29 is 4.79 Å². The van der Waals surface area contributed by atoms with Gasteiger partial charge in [0.25, 0.3) is 0 Å². The molecule has 0 heterocycles. The van der Waals surface area contributed by atoms with Gasteiger partial charge in [-0.2, -0.15) is 0 Å². The Hall–Kier alpha value is -0.530. The van der Waals surface area contributed by atoms with Crippen molar-refractivity contribution in [3.63, 3.8) is 0 Å². The summed E-state index contributed by atoms with van der Waals surface area (Å²) in [5, 5.41) is 0. The Morgan fingerprint density at radius 2 is 1.94 bits per heavy atom. The van der Waals surface area contributed by atoms with Crippen LogP contribution in [0.1, 0.15) is 45.4 Å². The average molecular weight is 221 g/mol. The molecule has 4 atom stereocenters. The van der Waals surface area contributed by atoms with Crippen molar-refractivity contribution in [3.8, 4) is 0 Å². The molecule has 0 radical (unpaired) electrons. The molecule has 1 amide bonds. The molecular weight excluding hydrogens is 198 g/mol. The lowest BCUT2D eigenvalue weighted by Crippen LogP contribution is -2.41. The molecule has 16 heavy (non-hydrogen) atoms. The van der Waals surface area contributed by atoms with Gasteiger partial charge in [-0.25, -0.2) is 0 Å². The molecule has 2 heteroatoms. The quantitative estimate of drug-likeness (QED) is 0.717. The highest BCUT2D eigenvalue weighted by Gasteiger charge is 2.45.